The van der Waals surface area contributed by atoms with Crippen LogP contribution in [0.4, 0.5) is 15.8 Å². The van der Waals surface area contributed by atoms with E-state index in [0.717, 1.165) is 42.9 Å². The molecule has 2 N–H and O–H groups in total. The Hall–Kier alpha value is -2.03. The Morgan fingerprint density at radius 1 is 1.16 bits per heavy atom. The Morgan fingerprint density at radius 3 is 2.84 bits per heavy atom. The molecule has 0 bridgehead atoms. The number of nitrogens with two attached hydrogens (primary N) is 1. The third kappa shape index (κ3) is 2.41. The molecular weight excluding hydrogens is 239 g/mol. The number of hydrogen-bond donors (Lipinski definition) is 1. The van der Waals surface area contributed by atoms with Crippen LogP contribution in [0.5, 0.6) is 0 Å². The van der Waals surface area contributed by atoms with Gasteiger partial charge in [0.15, 0.2) is 0 Å². The smallest absolute Gasteiger partial charge is 0.125 e. The Labute approximate surface area is 112 Å². The van der Waals surface area contributed by atoms with Gasteiger partial charge in [0.2, 0.25) is 0 Å². The highest BCUT2D eigenvalue weighted by Crippen LogP contribution is 2.28. The molecule has 0 saturated carbocycles. The number of anilines is 2. The molecule has 3 heteroatoms. The zero-order valence-electron chi connectivity index (χ0n) is 10.8. The van der Waals surface area contributed by atoms with Gasteiger partial charge in [-0.3, -0.25) is 0 Å². The van der Waals surface area contributed by atoms with Crippen LogP contribution < -0.4 is 10.6 Å². The van der Waals surface area contributed by atoms with Gasteiger partial charge in [0.25, 0.3) is 0 Å². The second-order valence-corrected chi connectivity index (χ2v) is 4.96. The van der Waals surface area contributed by atoms with Gasteiger partial charge in [0.05, 0.1) is 0 Å². The zero-order chi connectivity index (χ0) is 13.2. The van der Waals surface area contributed by atoms with Crippen molar-refractivity contribution in [2.75, 3.05) is 23.7 Å². The minimum Gasteiger partial charge on any atom is -0.399 e. The summed E-state index contributed by atoms with van der Waals surface area (Å²) in [5, 5.41) is 0. The molecule has 0 radical (unpaired) electrons. The van der Waals surface area contributed by atoms with Crippen LogP contribution >= 0.6 is 0 Å². The van der Waals surface area contributed by atoms with E-state index in [0.29, 0.717) is 0 Å². The molecule has 1 aliphatic heterocycles. The van der Waals surface area contributed by atoms with Gasteiger partial charge < -0.3 is 10.6 Å². The highest BCUT2D eigenvalue weighted by atomic mass is 19.1. The quantitative estimate of drug-likeness (QED) is 0.855. The highest BCUT2D eigenvalue weighted by molar-refractivity contribution is 5.58. The monoisotopic (exact) mass is 256 g/mol. The van der Waals surface area contributed by atoms with E-state index < -0.39 is 0 Å². The first-order valence-electron chi connectivity index (χ1n) is 6.61. The molecule has 2 aromatic carbocycles. The van der Waals surface area contributed by atoms with Gasteiger partial charge in [-0.05, 0) is 42.2 Å². The van der Waals surface area contributed by atoms with E-state index in [4.69, 9.17) is 5.73 Å². The molecule has 19 heavy (non-hydrogen) atoms. The fourth-order valence-corrected chi connectivity index (χ4v) is 2.67. The summed E-state index contributed by atoms with van der Waals surface area (Å²) in [6.07, 6.45) is 1.89. The number of rotatable bonds is 3. The van der Waals surface area contributed by atoms with Crippen molar-refractivity contribution in [2.45, 2.75) is 12.8 Å². The molecule has 0 atom stereocenters. The second kappa shape index (κ2) is 4.92. The molecule has 0 saturated heterocycles. The first kappa shape index (κ1) is 12.0. The van der Waals surface area contributed by atoms with Gasteiger partial charge in [-0.2, -0.15) is 0 Å². The van der Waals surface area contributed by atoms with Crippen molar-refractivity contribution < 1.29 is 4.39 Å². The van der Waals surface area contributed by atoms with Crippen molar-refractivity contribution in [2.24, 2.45) is 0 Å². The summed E-state index contributed by atoms with van der Waals surface area (Å²) in [5.74, 6) is -0.162. The third-order valence-electron chi connectivity index (χ3n) is 3.75. The molecule has 0 unspecified atom stereocenters. The first-order valence-corrected chi connectivity index (χ1v) is 6.61. The van der Waals surface area contributed by atoms with Crippen molar-refractivity contribution >= 4 is 11.4 Å². The molecule has 0 aliphatic carbocycles. The van der Waals surface area contributed by atoms with E-state index in [9.17, 15) is 4.39 Å². The lowest BCUT2D eigenvalue weighted by molar-refractivity contribution is 0.627. The average molecular weight is 256 g/mol. The van der Waals surface area contributed by atoms with Gasteiger partial charge in [0.1, 0.15) is 5.82 Å². The number of para-hydroxylation sites is 1. The van der Waals surface area contributed by atoms with Crippen LogP contribution in [-0.2, 0) is 12.8 Å². The lowest BCUT2D eigenvalue weighted by Crippen LogP contribution is -2.23. The predicted octanol–water partition coefficient (Wildman–Crippen LogP) is 3.01. The maximum atomic E-state index is 13.3. The fourth-order valence-electron chi connectivity index (χ4n) is 2.67. The van der Waals surface area contributed by atoms with Crippen LogP contribution in [0.15, 0.2) is 42.5 Å². The molecule has 3 rings (SSSR count). The lowest BCUT2D eigenvalue weighted by atomic mass is 10.1. The van der Waals surface area contributed by atoms with Crippen molar-refractivity contribution in [3.8, 4) is 0 Å². The lowest BCUT2D eigenvalue weighted by Gasteiger charge is -2.19. The number of nitrogens with zero attached hydrogens (tertiary/aromatic N) is 1. The summed E-state index contributed by atoms with van der Waals surface area (Å²) in [5.41, 5.74) is 10.2. The summed E-state index contributed by atoms with van der Waals surface area (Å²) in [7, 11) is 0. The van der Waals surface area contributed by atoms with E-state index in [1.54, 1.807) is 6.07 Å². The molecule has 0 spiro atoms. The van der Waals surface area contributed by atoms with Crippen LogP contribution in [0.3, 0.4) is 0 Å². The molecule has 1 aliphatic rings. The van der Waals surface area contributed by atoms with E-state index in [2.05, 4.69) is 11.0 Å². The fraction of sp³-hybridized carbons (Fsp3) is 0.250. The highest BCUT2D eigenvalue weighted by Gasteiger charge is 2.19. The van der Waals surface area contributed by atoms with Crippen molar-refractivity contribution in [1.82, 2.24) is 0 Å². The van der Waals surface area contributed by atoms with Crippen molar-refractivity contribution in [1.29, 1.82) is 0 Å². The number of hydrogen-bond acceptors (Lipinski definition) is 2. The largest absolute Gasteiger partial charge is 0.399 e. The number of fused-ring (bicyclic) bond motifs is 1. The molecular formula is C16H17FN2. The van der Waals surface area contributed by atoms with E-state index in [1.165, 1.54) is 11.6 Å². The summed E-state index contributed by atoms with van der Waals surface area (Å²) in [6, 6.07) is 13.0. The third-order valence-corrected chi connectivity index (χ3v) is 3.75. The first-order chi connectivity index (χ1) is 9.24. The minimum absolute atomic E-state index is 0.162. The summed E-state index contributed by atoms with van der Waals surface area (Å²) in [4.78, 5) is 2.24. The zero-order valence-corrected chi connectivity index (χ0v) is 10.8. The predicted molar refractivity (Wildman–Crippen MR) is 76.9 cm³/mol. The number of halogens is 1. The SMILES string of the molecule is Nc1ccccc1CCN1CCc2ccc(F)cc21. The average Bonchev–Trinajstić information content (AvgIpc) is 2.80. The molecule has 0 aromatic heterocycles. The molecule has 0 amide bonds. The summed E-state index contributed by atoms with van der Waals surface area (Å²) in [6.45, 7) is 1.84. The van der Waals surface area contributed by atoms with Crippen LogP contribution in [0.1, 0.15) is 11.1 Å². The van der Waals surface area contributed by atoms with Gasteiger partial charge in [-0.25, -0.2) is 4.39 Å². The van der Waals surface area contributed by atoms with Crippen LogP contribution in [-0.4, -0.2) is 13.1 Å². The van der Waals surface area contributed by atoms with E-state index >= 15 is 0 Å². The second-order valence-electron chi connectivity index (χ2n) is 4.96. The topological polar surface area (TPSA) is 29.3 Å². The van der Waals surface area contributed by atoms with Gasteiger partial charge in [0, 0.05) is 24.5 Å². The number of nitrogen functional groups attached to an aromatic ring is 1. The van der Waals surface area contributed by atoms with Gasteiger partial charge in [-0.15, -0.1) is 0 Å². The minimum atomic E-state index is -0.162. The molecule has 2 nitrogen and oxygen atoms in total. The van der Waals surface area contributed by atoms with Crippen molar-refractivity contribution in [3.05, 3.63) is 59.4 Å². The molecule has 0 fully saturated rings. The Kier molecular flexibility index (Phi) is 3.11. The van der Waals surface area contributed by atoms with E-state index in [-0.39, 0.29) is 5.82 Å². The summed E-state index contributed by atoms with van der Waals surface area (Å²) >= 11 is 0. The van der Waals surface area contributed by atoms with Crippen molar-refractivity contribution in [3.63, 3.8) is 0 Å². The van der Waals surface area contributed by atoms with Gasteiger partial charge >= 0.3 is 0 Å². The Balaban J connectivity index is 1.73. The Bertz CT molecular complexity index is 595. The van der Waals surface area contributed by atoms with E-state index in [1.807, 2.05) is 24.3 Å². The van der Waals surface area contributed by atoms with Gasteiger partial charge in [-0.1, -0.05) is 24.3 Å². The van der Waals surface area contributed by atoms with Crippen LogP contribution in [0.25, 0.3) is 0 Å². The number of benzene rings is 2. The maximum absolute atomic E-state index is 13.3. The normalized spacial score (nSPS) is 13.6. The Morgan fingerprint density at radius 2 is 2.00 bits per heavy atom. The molecule has 1 heterocycles. The van der Waals surface area contributed by atoms with Crippen LogP contribution in [0.2, 0.25) is 0 Å². The molecule has 2 aromatic rings. The van der Waals surface area contributed by atoms with Crippen LogP contribution in [0, 0.1) is 5.82 Å². The standard InChI is InChI=1S/C16H17FN2/c17-14-6-5-13-8-10-19(16(13)11-14)9-7-12-3-1-2-4-15(12)18/h1-6,11H,7-10,18H2. The molecule has 98 valence electrons. The summed E-state index contributed by atoms with van der Waals surface area (Å²) < 4.78 is 13.3. The maximum Gasteiger partial charge on any atom is 0.125 e.